The van der Waals surface area contributed by atoms with Crippen molar-refractivity contribution in [3.05, 3.63) is 59.7 Å². The first-order valence-electron chi connectivity index (χ1n) is 9.98. The second-order valence-corrected chi connectivity index (χ2v) is 9.45. The van der Waals surface area contributed by atoms with Gasteiger partial charge in [-0.25, -0.2) is 4.79 Å². The molecule has 0 aromatic heterocycles. The van der Waals surface area contributed by atoms with Crippen LogP contribution in [-0.4, -0.2) is 36.6 Å². The van der Waals surface area contributed by atoms with E-state index in [1.165, 1.54) is 11.8 Å². The Kier molecular flexibility index (Phi) is 8.68. The van der Waals surface area contributed by atoms with Crippen molar-refractivity contribution < 1.29 is 23.9 Å². The molecule has 0 aliphatic rings. The van der Waals surface area contributed by atoms with E-state index < -0.39 is 16.6 Å². The lowest BCUT2D eigenvalue weighted by Gasteiger charge is -2.17. The van der Waals surface area contributed by atoms with Crippen LogP contribution < -0.4 is 10.1 Å². The van der Waals surface area contributed by atoms with Gasteiger partial charge in [-0.15, -0.1) is 11.8 Å². The summed E-state index contributed by atoms with van der Waals surface area (Å²) in [5.41, 5.74) is 0.716. The van der Waals surface area contributed by atoms with E-state index in [4.69, 9.17) is 9.47 Å². The van der Waals surface area contributed by atoms with Crippen LogP contribution in [-0.2, 0) is 20.9 Å². The highest BCUT2D eigenvalue weighted by molar-refractivity contribution is 8.00. The minimum absolute atomic E-state index is 0.146. The Labute approximate surface area is 187 Å². The number of hydrogen-bond donors (Lipinski definition) is 1. The zero-order valence-corrected chi connectivity index (χ0v) is 19.4. The number of thioether (sulfide) groups is 1. The van der Waals surface area contributed by atoms with Gasteiger partial charge in [-0.3, -0.25) is 9.59 Å². The van der Waals surface area contributed by atoms with E-state index in [-0.39, 0.29) is 18.3 Å². The summed E-state index contributed by atoms with van der Waals surface area (Å²) in [6.07, 6.45) is 0. The van der Waals surface area contributed by atoms with Gasteiger partial charge in [-0.05, 0) is 36.8 Å². The molecular weight excluding hydrogens is 414 g/mol. The third kappa shape index (κ3) is 7.43. The quantitative estimate of drug-likeness (QED) is 0.461. The van der Waals surface area contributed by atoms with Crippen LogP contribution in [0.2, 0.25) is 0 Å². The van der Waals surface area contributed by atoms with E-state index in [2.05, 4.69) is 5.32 Å². The number of nitrogens with one attached hydrogen (secondary N) is 1. The molecule has 1 amide bonds. The van der Waals surface area contributed by atoms with Gasteiger partial charge in [0.1, 0.15) is 5.75 Å². The molecule has 0 saturated carbocycles. The van der Waals surface area contributed by atoms with Crippen LogP contribution in [0.15, 0.2) is 53.4 Å². The maximum Gasteiger partial charge on any atom is 0.339 e. The maximum atomic E-state index is 12.5. The lowest BCUT2D eigenvalue weighted by Crippen LogP contribution is -2.30. The minimum atomic E-state index is -0.578. The zero-order valence-electron chi connectivity index (χ0n) is 18.6. The fourth-order valence-electron chi connectivity index (χ4n) is 2.48. The zero-order chi connectivity index (χ0) is 23.0. The van der Waals surface area contributed by atoms with E-state index in [1.807, 2.05) is 24.3 Å². The largest absolute Gasteiger partial charge is 0.497 e. The number of ketones is 1. The molecule has 0 fully saturated rings. The molecule has 2 aromatic rings. The Morgan fingerprint density at radius 3 is 2.29 bits per heavy atom. The fourth-order valence-corrected chi connectivity index (χ4v) is 3.49. The van der Waals surface area contributed by atoms with Crippen LogP contribution in [0.1, 0.15) is 43.6 Å². The van der Waals surface area contributed by atoms with Crippen molar-refractivity contribution in [2.24, 2.45) is 5.41 Å². The normalized spacial score (nSPS) is 12.0. The van der Waals surface area contributed by atoms with Gasteiger partial charge >= 0.3 is 5.97 Å². The molecule has 1 N–H and O–H groups in total. The molecule has 0 unspecified atom stereocenters. The van der Waals surface area contributed by atoms with Gasteiger partial charge in [0, 0.05) is 16.9 Å². The Balaban J connectivity index is 1.96. The van der Waals surface area contributed by atoms with Crippen LogP contribution in [0.5, 0.6) is 5.75 Å². The topological polar surface area (TPSA) is 81.7 Å². The second kappa shape index (κ2) is 11.0. The van der Waals surface area contributed by atoms with Gasteiger partial charge in [0.2, 0.25) is 5.91 Å². The van der Waals surface area contributed by atoms with E-state index in [0.717, 1.165) is 11.3 Å². The van der Waals surface area contributed by atoms with Gasteiger partial charge in [-0.1, -0.05) is 45.0 Å². The van der Waals surface area contributed by atoms with Crippen LogP contribution >= 0.6 is 11.8 Å². The first-order valence-corrected chi connectivity index (χ1v) is 10.9. The molecule has 1 atom stereocenters. The number of methoxy groups -OCH3 is 1. The third-order valence-corrected chi connectivity index (χ3v) is 5.75. The van der Waals surface area contributed by atoms with E-state index in [1.54, 1.807) is 59.1 Å². The lowest BCUT2D eigenvalue weighted by atomic mass is 9.91. The predicted molar refractivity (Wildman–Crippen MR) is 121 cm³/mol. The Bertz CT molecular complexity index is 918. The second-order valence-electron chi connectivity index (χ2n) is 8.07. The Morgan fingerprint density at radius 1 is 1.03 bits per heavy atom. The summed E-state index contributed by atoms with van der Waals surface area (Å²) in [5.74, 6) is -0.123. The highest BCUT2D eigenvalue weighted by atomic mass is 32.2. The molecule has 6 nitrogen and oxygen atoms in total. The molecular formula is C24H29NO5S. The Morgan fingerprint density at radius 2 is 1.68 bits per heavy atom. The Hall–Kier alpha value is -2.80. The summed E-state index contributed by atoms with van der Waals surface area (Å²) in [4.78, 5) is 37.7. The highest BCUT2D eigenvalue weighted by Gasteiger charge is 2.24. The molecule has 0 bridgehead atoms. The molecule has 0 aliphatic carbocycles. The summed E-state index contributed by atoms with van der Waals surface area (Å²) in [5, 5.41) is 2.47. The van der Waals surface area contributed by atoms with Gasteiger partial charge in [0.25, 0.3) is 0 Å². The van der Waals surface area contributed by atoms with Gasteiger partial charge < -0.3 is 14.8 Å². The molecule has 0 radical (unpaired) electrons. The van der Waals surface area contributed by atoms with Gasteiger partial charge in [-0.2, -0.15) is 0 Å². The van der Waals surface area contributed by atoms with Crippen molar-refractivity contribution in [1.82, 2.24) is 5.32 Å². The van der Waals surface area contributed by atoms with Crippen LogP contribution in [0.25, 0.3) is 0 Å². The van der Waals surface area contributed by atoms with Crippen molar-refractivity contribution in [3.63, 3.8) is 0 Å². The summed E-state index contributed by atoms with van der Waals surface area (Å²) < 4.78 is 10.3. The van der Waals surface area contributed by atoms with E-state index in [9.17, 15) is 14.4 Å². The fraction of sp³-hybridized carbons (Fsp3) is 0.375. The molecule has 0 saturated heterocycles. The lowest BCUT2D eigenvalue weighted by molar-refractivity contribution is -0.129. The average molecular weight is 444 g/mol. The number of carbonyl (C=O) groups excluding carboxylic acids is 3. The number of benzene rings is 2. The van der Waals surface area contributed by atoms with Crippen molar-refractivity contribution in [1.29, 1.82) is 0 Å². The van der Waals surface area contributed by atoms with Crippen LogP contribution in [0.3, 0.4) is 0 Å². The summed E-state index contributed by atoms with van der Waals surface area (Å²) >= 11 is 1.27. The van der Waals surface area contributed by atoms with Crippen molar-refractivity contribution >= 4 is 29.4 Å². The molecule has 7 heteroatoms. The first kappa shape index (κ1) is 24.5. The number of rotatable bonds is 9. The highest BCUT2D eigenvalue weighted by Crippen LogP contribution is 2.28. The molecule has 2 rings (SSSR count). The monoisotopic (exact) mass is 443 g/mol. The molecule has 31 heavy (non-hydrogen) atoms. The van der Waals surface area contributed by atoms with Crippen LogP contribution in [0.4, 0.5) is 0 Å². The number of ether oxygens (including phenoxy) is 2. The van der Waals surface area contributed by atoms with Crippen LogP contribution in [0, 0.1) is 5.41 Å². The molecule has 166 valence electrons. The van der Waals surface area contributed by atoms with E-state index in [0.29, 0.717) is 17.0 Å². The average Bonchev–Trinajstić information content (AvgIpc) is 2.75. The van der Waals surface area contributed by atoms with E-state index >= 15 is 0 Å². The number of hydrogen-bond acceptors (Lipinski definition) is 6. The summed E-state index contributed by atoms with van der Waals surface area (Å²) in [6, 6.07) is 14.4. The maximum absolute atomic E-state index is 12.5. The molecule has 2 aromatic carbocycles. The summed E-state index contributed by atoms with van der Waals surface area (Å²) in [6.45, 7) is 7.22. The standard InChI is InChI=1S/C24H29NO5S/c1-16(22(27)25-14-17-10-12-18(29-5)13-11-17)31-20-9-7-6-8-19(20)23(28)30-15-21(26)24(2,3)4/h6-13,16H,14-15H2,1-5H3,(H,25,27)/t16-/m0/s1. The van der Waals surface area contributed by atoms with Crippen molar-refractivity contribution in [2.75, 3.05) is 13.7 Å². The van der Waals surface area contributed by atoms with Crippen molar-refractivity contribution in [3.8, 4) is 5.75 Å². The van der Waals surface area contributed by atoms with Crippen molar-refractivity contribution in [2.45, 2.75) is 44.4 Å². The number of esters is 1. The third-order valence-electron chi connectivity index (χ3n) is 4.58. The predicted octanol–water partition coefficient (Wildman–Crippen LogP) is 4.26. The molecule has 0 heterocycles. The summed E-state index contributed by atoms with van der Waals surface area (Å²) in [7, 11) is 1.60. The smallest absolute Gasteiger partial charge is 0.339 e. The first-order chi connectivity index (χ1) is 14.6. The minimum Gasteiger partial charge on any atom is -0.497 e. The SMILES string of the molecule is COc1ccc(CNC(=O)[C@H](C)Sc2ccccc2C(=O)OCC(=O)C(C)(C)C)cc1. The van der Waals surface area contributed by atoms with Gasteiger partial charge in [0.05, 0.1) is 17.9 Å². The number of carbonyl (C=O) groups is 3. The molecule has 0 spiro atoms. The number of amides is 1. The molecule has 0 aliphatic heterocycles. The number of Topliss-reactive ketones (excluding diaryl/α,β-unsaturated/α-hetero) is 1. The van der Waals surface area contributed by atoms with Gasteiger partial charge in [0.15, 0.2) is 12.4 Å².